The van der Waals surface area contributed by atoms with E-state index in [4.69, 9.17) is 11.6 Å². The molecule has 0 radical (unpaired) electrons. The van der Waals surface area contributed by atoms with Gasteiger partial charge in [0.25, 0.3) is 0 Å². The molecule has 2 rings (SSSR count). The number of hydrogen-bond acceptors (Lipinski definition) is 5. The third-order valence-corrected chi connectivity index (χ3v) is 3.18. The van der Waals surface area contributed by atoms with E-state index in [9.17, 15) is 26.3 Å². The van der Waals surface area contributed by atoms with Crippen molar-refractivity contribution in [1.29, 1.82) is 0 Å². The monoisotopic (exact) mass is 393 g/mol. The molecule has 2 aromatic carbocycles. The summed E-state index contributed by atoms with van der Waals surface area (Å²) in [6, 6.07) is 7.17. The van der Waals surface area contributed by atoms with Crippen LogP contribution in [0.3, 0.4) is 0 Å². The lowest BCUT2D eigenvalue weighted by molar-refractivity contribution is -0.274. The van der Waals surface area contributed by atoms with Crippen LogP contribution in [0.25, 0.3) is 0 Å². The van der Waals surface area contributed by atoms with E-state index in [0.717, 1.165) is 36.4 Å². The van der Waals surface area contributed by atoms with Crippen LogP contribution in [0.15, 0.2) is 47.6 Å². The zero-order valence-corrected chi connectivity index (χ0v) is 13.3. The first-order valence-corrected chi connectivity index (χ1v) is 7.13. The van der Waals surface area contributed by atoms with Crippen molar-refractivity contribution in [1.82, 2.24) is 5.53 Å². The zero-order chi connectivity index (χ0) is 20.2. The number of halogens is 6. The molecule has 2 aromatic rings. The lowest BCUT2D eigenvalue weighted by Crippen LogP contribution is -2.24. The van der Waals surface area contributed by atoms with Crippen LogP contribution in [0.2, 0.25) is 0 Å². The van der Waals surface area contributed by atoms with Crippen molar-refractivity contribution >= 4 is 17.2 Å². The van der Waals surface area contributed by atoms with Crippen LogP contribution in [-0.2, 0) is 6.18 Å². The molecule has 0 bridgehead atoms. The number of anilines is 2. The summed E-state index contributed by atoms with van der Waals surface area (Å²) in [6.07, 6.45) is -9.41. The number of amidine groups is 1. The second-order valence-electron chi connectivity index (χ2n) is 5.08. The first-order chi connectivity index (χ1) is 12.5. The van der Waals surface area contributed by atoms with Crippen molar-refractivity contribution < 1.29 is 31.1 Å². The van der Waals surface area contributed by atoms with Crippen LogP contribution in [-0.4, -0.2) is 12.2 Å². The number of rotatable bonds is 5. The van der Waals surface area contributed by atoms with Gasteiger partial charge in [0.2, 0.25) is 0 Å². The van der Waals surface area contributed by atoms with Gasteiger partial charge < -0.3 is 15.8 Å². The average Bonchev–Trinajstić information content (AvgIpc) is 2.55. The first kappa shape index (κ1) is 20.2. The number of nitrogens with two attached hydrogens (primary N) is 2. The highest BCUT2D eigenvalue weighted by Crippen LogP contribution is 2.32. The molecule has 0 aromatic heterocycles. The maximum Gasteiger partial charge on any atom is 0.573 e. The molecule has 0 spiro atoms. The number of alkyl halides is 6. The Hall–Kier alpha value is -3.15. The molecule has 0 saturated heterocycles. The second-order valence-corrected chi connectivity index (χ2v) is 5.08. The minimum atomic E-state index is -4.92. The summed E-state index contributed by atoms with van der Waals surface area (Å²) in [5.41, 5.74) is 7.09. The fourth-order valence-corrected chi connectivity index (χ4v) is 2.07. The maximum absolute atomic E-state index is 12.6. The lowest BCUT2D eigenvalue weighted by atomic mass is 10.1. The number of ether oxygens (including phenoxy) is 1. The van der Waals surface area contributed by atoms with Gasteiger partial charge in [-0.05, 0) is 42.5 Å². The van der Waals surface area contributed by atoms with Crippen LogP contribution in [0.4, 0.5) is 37.7 Å². The molecule has 12 heteroatoms. The topological polar surface area (TPSA) is 97.7 Å². The van der Waals surface area contributed by atoms with Gasteiger partial charge >= 0.3 is 12.5 Å². The molecule has 0 heterocycles. The molecule has 0 saturated carbocycles. The van der Waals surface area contributed by atoms with E-state index >= 15 is 0 Å². The van der Waals surface area contributed by atoms with Crippen LogP contribution in [0.1, 0.15) is 11.1 Å². The molecule has 0 aliphatic heterocycles. The summed E-state index contributed by atoms with van der Waals surface area (Å²) >= 11 is 0. The molecular formula is C15H13F6N5O. The predicted octanol–water partition coefficient (Wildman–Crippen LogP) is 3.43. The Morgan fingerprint density at radius 3 is 2.11 bits per heavy atom. The fourth-order valence-electron chi connectivity index (χ4n) is 2.07. The summed E-state index contributed by atoms with van der Waals surface area (Å²) in [6.45, 7) is 0. The van der Waals surface area contributed by atoms with Gasteiger partial charge in [-0.2, -0.15) is 13.2 Å². The smallest absolute Gasteiger partial charge is 0.406 e. The molecule has 27 heavy (non-hydrogen) atoms. The van der Waals surface area contributed by atoms with Crippen molar-refractivity contribution in [3.05, 3.63) is 53.6 Å². The van der Waals surface area contributed by atoms with E-state index in [-0.39, 0.29) is 22.8 Å². The number of nitrogens with zero attached hydrogens (tertiary/aromatic N) is 1. The van der Waals surface area contributed by atoms with Crippen LogP contribution in [0, 0.1) is 0 Å². The number of hydrazine groups is 1. The van der Waals surface area contributed by atoms with Gasteiger partial charge in [0.15, 0.2) is 5.84 Å². The largest absolute Gasteiger partial charge is 0.573 e. The molecule has 6 nitrogen and oxygen atoms in total. The van der Waals surface area contributed by atoms with Gasteiger partial charge in [0.05, 0.1) is 5.56 Å². The summed E-state index contributed by atoms with van der Waals surface area (Å²) in [5.74, 6) is 4.17. The molecule has 0 atom stereocenters. The first-order valence-electron chi connectivity index (χ1n) is 7.13. The minimum absolute atomic E-state index is 0.0189. The maximum atomic E-state index is 12.6. The zero-order valence-electron chi connectivity index (χ0n) is 13.3. The molecule has 0 unspecified atom stereocenters. The van der Waals surface area contributed by atoms with Crippen molar-refractivity contribution in [2.75, 3.05) is 5.32 Å². The van der Waals surface area contributed by atoms with Gasteiger partial charge in [0, 0.05) is 16.9 Å². The summed E-state index contributed by atoms with van der Waals surface area (Å²) in [4.78, 5) is 0. The van der Waals surface area contributed by atoms with E-state index in [1.165, 1.54) is 6.07 Å². The Kier molecular flexibility index (Phi) is 5.69. The van der Waals surface area contributed by atoms with Crippen molar-refractivity contribution in [2.24, 2.45) is 16.7 Å². The Labute approximate surface area is 148 Å². The standard InChI is InChI=1S/C15H13F6N5O/c16-14(17,18)8-1-3-9(4-2-8)24-12-6-5-10(27-15(19,20)21)7-11(12)13(22)25-26-23/h1-7,24,26H,23H2,(H2,22,25). The van der Waals surface area contributed by atoms with Gasteiger partial charge in [-0.3, -0.25) is 0 Å². The number of nitrogens with one attached hydrogen (secondary N) is 2. The number of benzene rings is 2. The highest BCUT2D eigenvalue weighted by atomic mass is 19.4. The quantitative estimate of drug-likeness (QED) is 0.205. The molecule has 0 fully saturated rings. The normalized spacial score (nSPS) is 12.6. The van der Waals surface area contributed by atoms with Crippen LogP contribution < -0.4 is 27.2 Å². The van der Waals surface area contributed by atoms with Crippen LogP contribution in [0.5, 0.6) is 5.75 Å². The summed E-state index contributed by atoms with van der Waals surface area (Å²) < 4.78 is 78.8. The third kappa shape index (κ3) is 5.67. The molecule has 0 amide bonds. The van der Waals surface area contributed by atoms with Gasteiger partial charge in [-0.1, -0.05) is 0 Å². The fraction of sp³-hybridized carbons (Fsp3) is 0.133. The van der Waals surface area contributed by atoms with E-state index in [2.05, 4.69) is 15.2 Å². The third-order valence-electron chi connectivity index (χ3n) is 3.18. The van der Waals surface area contributed by atoms with Gasteiger partial charge in [-0.15, -0.1) is 18.3 Å². The Balaban J connectivity index is 2.36. The Bertz CT molecular complexity index is 817. The summed E-state index contributed by atoms with van der Waals surface area (Å²) in [7, 11) is 0. The van der Waals surface area contributed by atoms with Gasteiger partial charge in [0.1, 0.15) is 5.75 Å². The van der Waals surface area contributed by atoms with Crippen molar-refractivity contribution in [2.45, 2.75) is 12.5 Å². The van der Waals surface area contributed by atoms with E-state index in [1.807, 2.05) is 5.53 Å². The molecule has 0 aliphatic rings. The van der Waals surface area contributed by atoms with E-state index < -0.39 is 23.9 Å². The van der Waals surface area contributed by atoms with Crippen LogP contribution >= 0.6 is 0 Å². The second kappa shape index (κ2) is 7.61. The molecular weight excluding hydrogens is 380 g/mol. The Morgan fingerprint density at radius 1 is 0.963 bits per heavy atom. The lowest BCUT2D eigenvalue weighted by Gasteiger charge is -2.15. The van der Waals surface area contributed by atoms with E-state index in [0.29, 0.717) is 0 Å². The number of hydrazone groups is 1. The molecule has 6 N–H and O–H groups in total. The Morgan fingerprint density at radius 2 is 1.59 bits per heavy atom. The SMILES string of the molecule is NN/N=C(\N)c1cc(OC(F)(F)F)ccc1Nc1ccc(C(F)(F)F)cc1. The van der Waals surface area contributed by atoms with Crippen molar-refractivity contribution in [3.8, 4) is 5.75 Å². The minimum Gasteiger partial charge on any atom is -0.406 e. The van der Waals surface area contributed by atoms with E-state index in [1.54, 1.807) is 0 Å². The highest BCUT2D eigenvalue weighted by molar-refractivity contribution is 6.03. The molecule has 0 aliphatic carbocycles. The number of hydrogen-bond donors (Lipinski definition) is 4. The summed E-state index contributed by atoms with van der Waals surface area (Å²) in [5, 5.41) is 6.22. The molecule has 146 valence electrons. The average molecular weight is 393 g/mol. The highest BCUT2D eigenvalue weighted by Gasteiger charge is 2.32. The predicted molar refractivity (Wildman–Crippen MR) is 85.9 cm³/mol. The van der Waals surface area contributed by atoms with Gasteiger partial charge in [-0.25, -0.2) is 11.4 Å². The van der Waals surface area contributed by atoms with Crippen molar-refractivity contribution in [3.63, 3.8) is 0 Å².